The minimum Gasteiger partial charge on any atom is -0.337 e. The molecule has 1 saturated heterocycles. The molecule has 1 aliphatic rings. The highest BCUT2D eigenvalue weighted by Crippen LogP contribution is 2.31. The average Bonchev–Trinajstić information content (AvgIpc) is 3.27. The van der Waals surface area contributed by atoms with Crippen LogP contribution in [0.25, 0.3) is 11.4 Å². The first-order valence-electron chi connectivity index (χ1n) is 9.61. The minimum absolute atomic E-state index is 0.113. The van der Waals surface area contributed by atoms with Crippen LogP contribution in [0, 0.1) is 0 Å². The van der Waals surface area contributed by atoms with Gasteiger partial charge in [0.25, 0.3) is 5.91 Å². The highest BCUT2D eigenvalue weighted by Gasteiger charge is 2.49. The third kappa shape index (κ3) is 3.57. The van der Waals surface area contributed by atoms with E-state index in [-0.39, 0.29) is 18.3 Å². The van der Waals surface area contributed by atoms with Crippen LogP contribution in [0.4, 0.5) is 4.79 Å². The zero-order valence-electron chi connectivity index (χ0n) is 16.8. The second-order valence-electron chi connectivity index (χ2n) is 7.75. The van der Waals surface area contributed by atoms with Crippen molar-refractivity contribution in [2.75, 3.05) is 0 Å². The number of amides is 3. The van der Waals surface area contributed by atoms with E-state index in [2.05, 4.69) is 29.3 Å². The van der Waals surface area contributed by atoms with Gasteiger partial charge in [-0.2, -0.15) is 4.98 Å². The lowest BCUT2D eigenvalue weighted by Gasteiger charge is -2.22. The lowest BCUT2D eigenvalue weighted by molar-refractivity contribution is -0.131. The fourth-order valence-electron chi connectivity index (χ4n) is 3.44. The van der Waals surface area contributed by atoms with Crippen molar-refractivity contribution in [3.63, 3.8) is 0 Å². The lowest BCUT2D eigenvalue weighted by atomic mass is 9.90. The number of hydrogen-bond acceptors (Lipinski definition) is 5. The van der Waals surface area contributed by atoms with E-state index in [1.165, 1.54) is 0 Å². The minimum atomic E-state index is -1.15. The fraction of sp³-hybridized carbons (Fsp3) is 0.273. The Kier molecular flexibility index (Phi) is 5.07. The molecule has 1 atom stereocenters. The molecule has 1 aromatic heterocycles. The van der Waals surface area contributed by atoms with E-state index >= 15 is 0 Å². The third-order valence-corrected chi connectivity index (χ3v) is 5.51. The van der Waals surface area contributed by atoms with Crippen LogP contribution in [0.3, 0.4) is 0 Å². The van der Waals surface area contributed by atoms with Crippen molar-refractivity contribution in [1.82, 2.24) is 20.4 Å². The molecular formula is C22H21ClN4O3. The van der Waals surface area contributed by atoms with E-state index in [1.54, 1.807) is 31.2 Å². The molecule has 1 fully saturated rings. The Bertz CT molecular complexity index is 1110. The first kappa shape index (κ1) is 20.1. The molecule has 30 heavy (non-hydrogen) atoms. The number of carbonyl (C=O) groups is 2. The summed E-state index contributed by atoms with van der Waals surface area (Å²) >= 11 is 6.00. The molecule has 4 rings (SSSR count). The molecule has 8 heteroatoms. The van der Waals surface area contributed by atoms with Crippen molar-refractivity contribution in [3.05, 3.63) is 70.6 Å². The number of hydrogen-bond donors (Lipinski definition) is 1. The fourth-order valence-corrected chi connectivity index (χ4v) is 3.63. The standard InChI is InChI=1S/C22H21ClN4O3/c1-13(2)14-7-9-16(10-8-14)22(3)20(28)27(21(29)25-22)12-18-24-19(26-30-18)15-5-4-6-17(23)11-15/h4-11,13H,12H2,1-3H3,(H,25,29). The second-order valence-corrected chi connectivity index (χ2v) is 8.18. The molecular weight excluding hydrogens is 404 g/mol. The Morgan fingerprint density at radius 3 is 2.57 bits per heavy atom. The molecule has 2 aromatic carbocycles. The number of urea groups is 1. The number of nitrogens with zero attached hydrogens (tertiary/aromatic N) is 3. The van der Waals surface area contributed by atoms with Crippen molar-refractivity contribution in [1.29, 1.82) is 0 Å². The van der Waals surface area contributed by atoms with E-state index in [9.17, 15) is 9.59 Å². The Hall–Kier alpha value is -3.19. The lowest BCUT2D eigenvalue weighted by Crippen LogP contribution is -2.40. The molecule has 0 saturated carbocycles. The molecule has 0 bridgehead atoms. The van der Waals surface area contributed by atoms with Gasteiger partial charge in [-0.05, 0) is 36.1 Å². The normalized spacial score (nSPS) is 18.9. The van der Waals surface area contributed by atoms with Crippen LogP contribution in [0.5, 0.6) is 0 Å². The maximum absolute atomic E-state index is 13.1. The van der Waals surface area contributed by atoms with Gasteiger partial charge >= 0.3 is 6.03 Å². The Balaban J connectivity index is 1.55. The predicted molar refractivity (Wildman–Crippen MR) is 112 cm³/mol. The molecule has 2 heterocycles. The van der Waals surface area contributed by atoms with Gasteiger partial charge in [0, 0.05) is 10.6 Å². The molecule has 1 aliphatic heterocycles. The number of imide groups is 1. The van der Waals surface area contributed by atoms with Crippen molar-refractivity contribution in [2.24, 2.45) is 0 Å². The Labute approximate surface area is 179 Å². The summed E-state index contributed by atoms with van der Waals surface area (Å²) in [5, 5.41) is 7.27. The van der Waals surface area contributed by atoms with Gasteiger partial charge in [0.1, 0.15) is 12.1 Å². The summed E-state index contributed by atoms with van der Waals surface area (Å²) in [6, 6.07) is 14.2. The number of rotatable bonds is 5. The smallest absolute Gasteiger partial charge is 0.325 e. The first-order chi connectivity index (χ1) is 14.3. The summed E-state index contributed by atoms with van der Waals surface area (Å²) in [6.07, 6.45) is 0. The van der Waals surface area contributed by atoms with E-state index in [1.807, 2.05) is 24.3 Å². The molecule has 3 amide bonds. The van der Waals surface area contributed by atoms with E-state index in [4.69, 9.17) is 16.1 Å². The van der Waals surface area contributed by atoms with Crippen molar-refractivity contribution in [3.8, 4) is 11.4 Å². The highest BCUT2D eigenvalue weighted by molar-refractivity contribution is 6.30. The van der Waals surface area contributed by atoms with Crippen molar-refractivity contribution in [2.45, 2.75) is 38.8 Å². The molecule has 3 aromatic rings. The SMILES string of the molecule is CC(C)c1ccc(C2(C)NC(=O)N(Cc3nc(-c4cccc(Cl)c4)no3)C2=O)cc1. The third-order valence-electron chi connectivity index (χ3n) is 5.27. The van der Waals surface area contributed by atoms with Gasteiger partial charge in [0.15, 0.2) is 0 Å². The van der Waals surface area contributed by atoms with Crippen LogP contribution in [0.1, 0.15) is 43.7 Å². The maximum atomic E-state index is 13.1. The van der Waals surface area contributed by atoms with Crippen LogP contribution in [-0.4, -0.2) is 27.0 Å². The van der Waals surface area contributed by atoms with Gasteiger partial charge < -0.3 is 9.84 Å². The van der Waals surface area contributed by atoms with E-state index in [0.29, 0.717) is 22.3 Å². The summed E-state index contributed by atoms with van der Waals surface area (Å²) in [7, 11) is 0. The van der Waals surface area contributed by atoms with Crippen LogP contribution in [0.2, 0.25) is 5.02 Å². The summed E-state index contributed by atoms with van der Waals surface area (Å²) < 4.78 is 5.26. The highest BCUT2D eigenvalue weighted by atomic mass is 35.5. The quantitative estimate of drug-likeness (QED) is 0.610. The van der Waals surface area contributed by atoms with Gasteiger partial charge in [-0.15, -0.1) is 0 Å². The van der Waals surface area contributed by atoms with Gasteiger partial charge in [-0.25, -0.2) is 4.79 Å². The van der Waals surface area contributed by atoms with Crippen LogP contribution < -0.4 is 5.32 Å². The van der Waals surface area contributed by atoms with Gasteiger partial charge in [-0.3, -0.25) is 9.69 Å². The molecule has 1 N–H and O–H groups in total. The number of benzene rings is 2. The molecule has 7 nitrogen and oxygen atoms in total. The molecule has 0 radical (unpaired) electrons. The largest absolute Gasteiger partial charge is 0.337 e. The van der Waals surface area contributed by atoms with Gasteiger partial charge in [0.05, 0.1) is 0 Å². The molecule has 1 unspecified atom stereocenters. The molecule has 0 aliphatic carbocycles. The second kappa shape index (κ2) is 7.57. The Morgan fingerprint density at radius 1 is 1.17 bits per heavy atom. The predicted octanol–water partition coefficient (Wildman–Crippen LogP) is 4.48. The van der Waals surface area contributed by atoms with Crippen molar-refractivity contribution < 1.29 is 14.1 Å². The van der Waals surface area contributed by atoms with Crippen LogP contribution in [-0.2, 0) is 16.9 Å². The summed E-state index contributed by atoms with van der Waals surface area (Å²) in [5.41, 5.74) is 1.42. The van der Waals surface area contributed by atoms with Gasteiger partial charge in [-0.1, -0.05) is 67.0 Å². The topological polar surface area (TPSA) is 88.3 Å². The Morgan fingerprint density at radius 2 is 1.90 bits per heavy atom. The maximum Gasteiger partial charge on any atom is 0.325 e. The average molecular weight is 425 g/mol. The van der Waals surface area contributed by atoms with E-state index < -0.39 is 11.6 Å². The van der Waals surface area contributed by atoms with Crippen molar-refractivity contribution >= 4 is 23.5 Å². The van der Waals surface area contributed by atoms with E-state index in [0.717, 1.165) is 16.0 Å². The zero-order valence-corrected chi connectivity index (χ0v) is 17.6. The molecule has 154 valence electrons. The molecule has 0 spiro atoms. The number of aromatic nitrogens is 2. The van der Waals surface area contributed by atoms with Crippen LogP contribution in [0.15, 0.2) is 53.1 Å². The summed E-state index contributed by atoms with van der Waals surface area (Å²) in [4.78, 5) is 31.1. The van der Waals surface area contributed by atoms with Gasteiger partial charge in [0.2, 0.25) is 11.7 Å². The summed E-state index contributed by atoms with van der Waals surface area (Å²) in [6.45, 7) is 5.78. The van der Waals surface area contributed by atoms with Crippen LogP contribution >= 0.6 is 11.6 Å². The number of carbonyl (C=O) groups excluding carboxylic acids is 2. The number of halogens is 1. The zero-order chi connectivity index (χ0) is 21.5. The monoisotopic (exact) mass is 424 g/mol. The first-order valence-corrected chi connectivity index (χ1v) is 9.99. The number of nitrogens with one attached hydrogen (secondary N) is 1. The summed E-state index contributed by atoms with van der Waals surface area (Å²) in [5.74, 6) is 0.509.